The molecule has 0 bridgehead atoms. The van der Waals surface area contributed by atoms with Gasteiger partial charge in [-0.3, -0.25) is 0 Å². The minimum atomic E-state index is 0.796. The van der Waals surface area contributed by atoms with Crippen LogP contribution in [0.4, 0.5) is 0 Å². The third-order valence-electron chi connectivity index (χ3n) is 6.22. The fraction of sp³-hybridized carbons (Fsp3) is 0. The van der Waals surface area contributed by atoms with E-state index in [-0.39, 0.29) is 0 Å². The minimum absolute atomic E-state index is 0.796. The maximum Gasteiger partial charge on any atom is 0.135 e. The average Bonchev–Trinajstić information content (AvgIpc) is 2.95. The number of hydrogen-bond donors (Lipinski definition) is 0. The molecular formula is C34H24O2. The van der Waals surface area contributed by atoms with Gasteiger partial charge in [-0.1, -0.05) is 109 Å². The van der Waals surface area contributed by atoms with Crippen molar-refractivity contribution in [1.82, 2.24) is 0 Å². The Kier molecular flexibility index (Phi) is 5.91. The van der Waals surface area contributed by atoms with Gasteiger partial charge in [-0.2, -0.15) is 0 Å². The Morgan fingerprint density at radius 1 is 0.278 bits per heavy atom. The molecule has 0 aliphatic carbocycles. The zero-order chi connectivity index (χ0) is 24.2. The molecule has 0 fully saturated rings. The van der Waals surface area contributed by atoms with Gasteiger partial charge >= 0.3 is 0 Å². The average molecular weight is 465 g/mol. The first-order chi connectivity index (χ1) is 17.8. The molecule has 2 heteroatoms. The van der Waals surface area contributed by atoms with Gasteiger partial charge in [0.05, 0.1) is 0 Å². The van der Waals surface area contributed by atoms with Gasteiger partial charge in [-0.05, 0) is 58.7 Å². The summed E-state index contributed by atoms with van der Waals surface area (Å²) in [5.74, 6) is 3.18. The molecule has 0 N–H and O–H groups in total. The molecule has 6 aromatic carbocycles. The summed E-state index contributed by atoms with van der Waals surface area (Å²) in [7, 11) is 0. The fourth-order valence-corrected chi connectivity index (χ4v) is 4.38. The van der Waals surface area contributed by atoms with Crippen LogP contribution in [0, 0.1) is 0 Å². The molecule has 0 heterocycles. The highest BCUT2D eigenvalue weighted by Gasteiger charge is 2.09. The molecule has 0 saturated heterocycles. The lowest BCUT2D eigenvalue weighted by Crippen LogP contribution is -1.89. The second-order valence-electron chi connectivity index (χ2n) is 8.59. The quantitative estimate of drug-likeness (QED) is 0.244. The first kappa shape index (κ1) is 21.7. The van der Waals surface area contributed by atoms with Crippen molar-refractivity contribution in [3.05, 3.63) is 146 Å². The lowest BCUT2D eigenvalue weighted by molar-refractivity contribution is 0.483. The van der Waals surface area contributed by atoms with E-state index in [0.717, 1.165) is 44.9 Å². The maximum atomic E-state index is 6.30. The number of benzene rings is 6. The molecule has 6 rings (SSSR count). The first-order valence-corrected chi connectivity index (χ1v) is 12.0. The summed E-state index contributed by atoms with van der Waals surface area (Å²) < 4.78 is 12.6. The molecule has 0 aliphatic heterocycles. The van der Waals surface area contributed by atoms with Crippen molar-refractivity contribution in [1.29, 1.82) is 0 Å². The fourth-order valence-electron chi connectivity index (χ4n) is 4.38. The zero-order valence-electron chi connectivity index (χ0n) is 19.7. The van der Waals surface area contributed by atoms with Crippen molar-refractivity contribution in [2.75, 3.05) is 0 Å². The molecule has 0 saturated carbocycles. The molecule has 6 aromatic rings. The predicted octanol–water partition coefficient (Wildman–Crippen LogP) is 9.76. The van der Waals surface area contributed by atoms with Crippen molar-refractivity contribution in [2.45, 2.75) is 0 Å². The van der Waals surface area contributed by atoms with Crippen LogP contribution in [0.2, 0.25) is 0 Å². The number of hydrogen-bond acceptors (Lipinski definition) is 2. The van der Waals surface area contributed by atoms with Crippen LogP contribution in [-0.4, -0.2) is 0 Å². The van der Waals surface area contributed by atoms with Crippen LogP contribution < -0.4 is 9.47 Å². The Balaban J connectivity index is 1.25. The molecule has 0 aliphatic rings. The van der Waals surface area contributed by atoms with E-state index >= 15 is 0 Å². The van der Waals surface area contributed by atoms with Crippen LogP contribution in [0.5, 0.6) is 23.0 Å². The van der Waals surface area contributed by atoms with Gasteiger partial charge in [0.15, 0.2) is 0 Å². The molecule has 0 atom stereocenters. The Labute approximate surface area is 211 Å². The first-order valence-electron chi connectivity index (χ1n) is 12.0. The third-order valence-corrected chi connectivity index (χ3v) is 6.22. The summed E-state index contributed by atoms with van der Waals surface area (Å²) in [6.45, 7) is 0. The highest BCUT2D eigenvalue weighted by Crippen LogP contribution is 2.37. The van der Waals surface area contributed by atoms with Gasteiger partial charge in [0.1, 0.15) is 23.0 Å². The summed E-state index contributed by atoms with van der Waals surface area (Å²) in [6.07, 6.45) is 0. The molecule has 0 radical (unpaired) electrons. The second kappa shape index (κ2) is 9.81. The van der Waals surface area contributed by atoms with Gasteiger partial charge in [-0.25, -0.2) is 0 Å². The highest BCUT2D eigenvalue weighted by molar-refractivity contribution is 5.93. The van der Waals surface area contributed by atoms with Crippen molar-refractivity contribution >= 4 is 10.8 Å². The number of fused-ring (bicyclic) bond motifs is 1. The molecule has 0 spiro atoms. The van der Waals surface area contributed by atoms with E-state index in [2.05, 4.69) is 60.7 Å². The summed E-state index contributed by atoms with van der Waals surface area (Å²) in [5.41, 5.74) is 4.70. The zero-order valence-corrected chi connectivity index (χ0v) is 19.7. The largest absolute Gasteiger partial charge is 0.457 e. The maximum absolute atomic E-state index is 6.30. The molecule has 0 aromatic heterocycles. The van der Waals surface area contributed by atoms with Crippen LogP contribution in [0.25, 0.3) is 33.0 Å². The summed E-state index contributed by atoms with van der Waals surface area (Å²) in [5, 5.41) is 2.01. The van der Waals surface area contributed by atoms with Gasteiger partial charge in [0, 0.05) is 10.8 Å². The van der Waals surface area contributed by atoms with Crippen LogP contribution in [-0.2, 0) is 0 Å². The van der Waals surface area contributed by atoms with E-state index in [1.807, 2.05) is 84.9 Å². The highest BCUT2D eigenvalue weighted by atomic mass is 16.5. The van der Waals surface area contributed by atoms with Gasteiger partial charge in [-0.15, -0.1) is 0 Å². The smallest absolute Gasteiger partial charge is 0.135 e. The van der Waals surface area contributed by atoms with E-state index < -0.39 is 0 Å². The SMILES string of the molecule is c1ccc(-c2ccc(Oc3cccc4c(Oc5ccc(-c6ccccc6)cc5)cccc34)cc2)cc1. The number of rotatable bonds is 6. The number of ether oxygens (including phenoxy) is 2. The lowest BCUT2D eigenvalue weighted by Gasteiger charge is -2.13. The predicted molar refractivity (Wildman–Crippen MR) is 148 cm³/mol. The van der Waals surface area contributed by atoms with Crippen LogP contribution in [0.3, 0.4) is 0 Å². The van der Waals surface area contributed by atoms with Gasteiger partial charge in [0.25, 0.3) is 0 Å². The monoisotopic (exact) mass is 464 g/mol. The molecule has 36 heavy (non-hydrogen) atoms. The molecule has 0 amide bonds. The van der Waals surface area contributed by atoms with Gasteiger partial charge < -0.3 is 9.47 Å². The van der Waals surface area contributed by atoms with E-state index in [9.17, 15) is 0 Å². The van der Waals surface area contributed by atoms with E-state index in [0.29, 0.717) is 0 Å². The Bertz CT molecular complexity index is 1460. The molecule has 2 nitrogen and oxygen atoms in total. The summed E-state index contributed by atoms with van der Waals surface area (Å²) in [6, 6.07) is 49.2. The second-order valence-corrected chi connectivity index (χ2v) is 8.59. The molecule has 0 unspecified atom stereocenters. The Morgan fingerprint density at radius 2 is 0.639 bits per heavy atom. The Morgan fingerprint density at radius 3 is 1.03 bits per heavy atom. The molecular weight excluding hydrogens is 440 g/mol. The lowest BCUT2D eigenvalue weighted by atomic mass is 10.1. The van der Waals surface area contributed by atoms with Crippen molar-refractivity contribution in [3.63, 3.8) is 0 Å². The molecule has 172 valence electrons. The normalized spacial score (nSPS) is 10.8. The van der Waals surface area contributed by atoms with Crippen molar-refractivity contribution < 1.29 is 9.47 Å². The van der Waals surface area contributed by atoms with E-state index in [1.54, 1.807) is 0 Å². The van der Waals surface area contributed by atoms with Crippen LogP contribution in [0.1, 0.15) is 0 Å². The summed E-state index contributed by atoms with van der Waals surface area (Å²) >= 11 is 0. The van der Waals surface area contributed by atoms with E-state index in [1.165, 1.54) is 11.1 Å². The van der Waals surface area contributed by atoms with Crippen molar-refractivity contribution in [3.8, 4) is 45.3 Å². The third kappa shape index (κ3) is 4.57. The van der Waals surface area contributed by atoms with Crippen LogP contribution in [0.15, 0.2) is 146 Å². The summed E-state index contributed by atoms with van der Waals surface area (Å²) in [4.78, 5) is 0. The van der Waals surface area contributed by atoms with Gasteiger partial charge in [0.2, 0.25) is 0 Å². The van der Waals surface area contributed by atoms with E-state index in [4.69, 9.17) is 9.47 Å². The van der Waals surface area contributed by atoms with Crippen LogP contribution >= 0.6 is 0 Å². The standard InChI is InChI=1S/C34H24O2/c1-3-9-25(10-4-1)27-17-21-29(22-18-27)35-33-15-7-14-32-31(33)13-8-16-34(32)36-30-23-19-28(20-24-30)26-11-5-2-6-12-26/h1-24H. The Hall–Kier alpha value is -4.82. The minimum Gasteiger partial charge on any atom is -0.457 e. The van der Waals surface area contributed by atoms with Crippen molar-refractivity contribution in [2.24, 2.45) is 0 Å². The topological polar surface area (TPSA) is 18.5 Å².